The molecule has 1 fully saturated rings. The molecule has 2 unspecified atom stereocenters. The van der Waals surface area contributed by atoms with Gasteiger partial charge in [0.25, 0.3) is 0 Å². The molecular formula is C10H19NO. The summed E-state index contributed by atoms with van der Waals surface area (Å²) >= 11 is 0. The maximum atomic E-state index is 11.1. The third kappa shape index (κ3) is 2.23. The first-order valence-corrected chi connectivity index (χ1v) is 5.05. The van der Waals surface area contributed by atoms with Gasteiger partial charge in [-0.3, -0.25) is 4.79 Å². The van der Waals surface area contributed by atoms with E-state index in [9.17, 15) is 4.79 Å². The molecule has 2 heteroatoms. The zero-order valence-corrected chi connectivity index (χ0v) is 7.88. The van der Waals surface area contributed by atoms with Crippen LogP contribution in [0.3, 0.4) is 0 Å². The fourth-order valence-corrected chi connectivity index (χ4v) is 2.30. The van der Waals surface area contributed by atoms with Crippen LogP contribution in [0.5, 0.6) is 0 Å². The van der Waals surface area contributed by atoms with Gasteiger partial charge in [0.05, 0.1) is 0 Å². The Bertz CT molecular complexity index is 154. The van der Waals surface area contributed by atoms with E-state index in [-0.39, 0.29) is 11.8 Å². The maximum absolute atomic E-state index is 11.1. The second kappa shape index (κ2) is 4.48. The van der Waals surface area contributed by atoms with Crippen molar-refractivity contribution in [3.05, 3.63) is 0 Å². The van der Waals surface area contributed by atoms with Crippen molar-refractivity contribution in [2.75, 3.05) is 0 Å². The van der Waals surface area contributed by atoms with E-state index >= 15 is 0 Å². The van der Waals surface area contributed by atoms with E-state index in [4.69, 9.17) is 5.73 Å². The lowest BCUT2D eigenvalue weighted by atomic mass is 9.77. The summed E-state index contributed by atoms with van der Waals surface area (Å²) < 4.78 is 0. The van der Waals surface area contributed by atoms with Crippen molar-refractivity contribution in [3.63, 3.8) is 0 Å². The highest BCUT2D eigenvalue weighted by Crippen LogP contribution is 2.32. The Balaban J connectivity index is 2.48. The van der Waals surface area contributed by atoms with Gasteiger partial charge in [-0.15, -0.1) is 0 Å². The summed E-state index contributed by atoms with van der Waals surface area (Å²) in [6.07, 6.45) is 7.06. The molecule has 1 aliphatic carbocycles. The minimum absolute atomic E-state index is 0.0758. The van der Waals surface area contributed by atoms with Crippen LogP contribution >= 0.6 is 0 Å². The highest BCUT2D eigenvalue weighted by Gasteiger charge is 2.28. The number of nitrogens with two attached hydrogens (primary N) is 1. The minimum Gasteiger partial charge on any atom is -0.369 e. The molecular weight excluding hydrogens is 150 g/mol. The summed E-state index contributed by atoms with van der Waals surface area (Å²) in [5.41, 5.74) is 5.35. The van der Waals surface area contributed by atoms with E-state index in [1.807, 2.05) is 0 Å². The fraction of sp³-hybridized carbons (Fsp3) is 0.900. The van der Waals surface area contributed by atoms with Crippen molar-refractivity contribution in [2.45, 2.75) is 45.4 Å². The van der Waals surface area contributed by atoms with Crippen LogP contribution in [0.15, 0.2) is 0 Å². The quantitative estimate of drug-likeness (QED) is 0.690. The monoisotopic (exact) mass is 169 g/mol. The fourth-order valence-electron chi connectivity index (χ4n) is 2.30. The standard InChI is InChI=1S/C10H19NO/c1-2-5-8-6-3-4-7-9(8)10(11)12/h8-9H,2-7H2,1H3,(H2,11,12). The molecule has 12 heavy (non-hydrogen) atoms. The molecule has 0 aromatic carbocycles. The van der Waals surface area contributed by atoms with E-state index in [0.717, 1.165) is 6.42 Å². The highest BCUT2D eigenvalue weighted by atomic mass is 16.1. The summed E-state index contributed by atoms with van der Waals surface area (Å²) in [6.45, 7) is 2.17. The third-order valence-corrected chi connectivity index (χ3v) is 2.93. The van der Waals surface area contributed by atoms with Crippen molar-refractivity contribution >= 4 is 5.91 Å². The molecule has 1 amide bonds. The van der Waals surface area contributed by atoms with E-state index in [0.29, 0.717) is 5.92 Å². The van der Waals surface area contributed by atoms with Crippen LogP contribution in [0.25, 0.3) is 0 Å². The molecule has 1 saturated carbocycles. The van der Waals surface area contributed by atoms with Crippen LogP contribution in [0, 0.1) is 11.8 Å². The van der Waals surface area contributed by atoms with Crippen LogP contribution in [-0.2, 0) is 4.79 Å². The first-order valence-electron chi connectivity index (χ1n) is 5.05. The highest BCUT2D eigenvalue weighted by molar-refractivity contribution is 5.77. The van der Waals surface area contributed by atoms with E-state index in [2.05, 4.69) is 6.92 Å². The van der Waals surface area contributed by atoms with E-state index in [1.165, 1.54) is 32.1 Å². The molecule has 0 heterocycles. The molecule has 0 saturated heterocycles. The number of hydrogen-bond acceptors (Lipinski definition) is 1. The van der Waals surface area contributed by atoms with Gasteiger partial charge in [-0.25, -0.2) is 0 Å². The lowest BCUT2D eigenvalue weighted by Crippen LogP contribution is -2.32. The Morgan fingerprint density at radius 1 is 1.42 bits per heavy atom. The molecule has 70 valence electrons. The zero-order chi connectivity index (χ0) is 8.97. The van der Waals surface area contributed by atoms with Gasteiger partial charge in [-0.1, -0.05) is 26.2 Å². The molecule has 0 spiro atoms. The molecule has 2 N–H and O–H groups in total. The first-order chi connectivity index (χ1) is 5.75. The number of hydrogen-bond donors (Lipinski definition) is 1. The number of rotatable bonds is 3. The van der Waals surface area contributed by atoms with Gasteiger partial charge in [0, 0.05) is 5.92 Å². The average Bonchev–Trinajstić information content (AvgIpc) is 2.05. The van der Waals surface area contributed by atoms with Gasteiger partial charge in [0.1, 0.15) is 0 Å². The Labute approximate surface area is 74.5 Å². The van der Waals surface area contributed by atoms with E-state index < -0.39 is 0 Å². The van der Waals surface area contributed by atoms with Gasteiger partial charge in [0.15, 0.2) is 0 Å². The maximum Gasteiger partial charge on any atom is 0.220 e. The Kier molecular flexibility index (Phi) is 3.57. The predicted molar refractivity (Wildman–Crippen MR) is 49.6 cm³/mol. The Morgan fingerprint density at radius 3 is 2.67 bits per heavy atom. The SMILES string of the molecule is CCCC1CCCCC1C(N)=O. The van der Waals surface area contributed by atoms with Gasteiger partial charge in [-0.05, 0) is 25.2 Å². The van der Waals surface area contributed by atoms with Gasteiger partial charge < -0.3 is 5.73 Å². The van der Waals surface area contributed by atoms with Crippen LogP contribution in [0.1, 0.15) is 45.4 Å². The van der Waals surface area contributed by atoms with Gasteiger partial charge >= 0.3 is 0 Å². The molecule has 0 aliphatic heterocycles. The largest absolute Gasteiger partial charge is 0.369 e. The van der Waals surface area contributed by atoms with Crippen molar-refractivity contribution < 1.29 is 4.79 Å². The second-order valence-electron chi connectivity index (χ2n) is 3.84. The first kappa shape index (κ1) is 9.56. The minimum atomic E-state index is -0.0758. The van der Waals surface area contributed by atoms with Crippen LogP contribution < -0.4 is 5.73 Å². The lowest BCUT2D eigenvalue weighted by Gasteiger charge is -2.28. The van der Waals surface area contributed by atoms with Gasteiger partial charge in [-0.2, -0.15) is 0 Å². The zero-order valence-electron chi connectivity index (χ0n) is 7.88. The van der Waals surface area contributed by atoms with Crippen molar-refractivity contribution in [3.8, 4) is 0 Å². The summed E-state index contributed by atoms with van der Waals surface area (Å²) in [6, 6.07) is 0. The second-order valence-corrected chi connectivity index (χ2v) is 3.84. The van der Waals surface area contributed by atoms with Crippen LogP contribution in [0.4, 0.5) is 0 Å². The topological polar surface area (TPSA) is 43.1 Å². The van der Waals surface area contributed by atoms with Crippen molar-refractivity contribution in [1.82, 2.24) is 0 Å². The molecule has 2 atom stereocenters. The third-order valence-electron chi connectivity index (χ3n) is 2.93. The molecule has 2 nitrogen and oxygen atoms in total. The summed E-state index contributed by atoms with van der Waals surface area (Å²) in [7, 11) is 0. The predicted octanol–water partition coefficient (Wildman–Crippen LogP) is 2.08. The van der Waals surface area contributed by atoms with Crippen molar-refractivity contribution in [1.29, 1.82) is 0 Å². The summed E-state index contributed by atoms with van der Waals surface area (Å²) in [5.74, 6) is 0.688. The molecule has 0 radical (unpaired) electrons. The summed E-state index contributed by atoms with van der Waals surface area (Å²) in [4.78, 5) is 11.1. The molecule has 0 aromatic heterocycles. The Hall–Kier alpha value is -0.530. The van der Waals surface area contributed by atoms with Crippen molar-refractivity contribution in [2.24, 2.45) is 17.6 Å². The summed E-state index contributed by atoms with van der Waals surface area (Å²) in [5, 5.41) is 0. The average molecular weight is 169 g/mol. The molecule has 1 aliphatic rings. The Morgan fingerprint density at radius 2 is 2.08 bits per heavy atom. The number of carbonyl (C=O) groups excluding carboxylic acids is 1. The van der Waals surface area contributed by atoms with Crippen LogP contribution in [0.2, 0.25) is 0 Å². The molecule has 0 aromatic rings. The number of amides is 1. The number of primary amides is 1. The lowest BCUT2D eigenvalue weighted by molar-refractivity contribution is -0.124. The number of carbonyl (C=O) groups is 1. The normalized spacial score (nSPS) is 30.1. The molecule has 0 bridgehead atoms. The van der Waals surface area contributed by atoms with Crippen LogP contribution in [-0.4, -0.2) is 5.91 Å². The molecule has 1 rings (SSSR count). The van der Waals surface area contributed by atoms with Gasteiger partial charge in [0.2, 0.25) is 5.91 Å². The smallest absolute Gasteiger partial charge is 0.220 e. The van der Waals surface area contributed by atoms with E-state index in [1.54, 1.807) is 0 Å².